The van der Waals surface area contributed by atoms with Crippen molar-refractivity contribution in [3.8, 4) is 11.5 Å². The number of hydrogen-bond acceptors (Lipinski definition) is 4. The van der Waals surface area contributed by atoms with Crippen molar-refractivity contribution in [3.63, 3.8) is 0 Å². The summed E-state index contributed by atoms with van der Waals surface area (Å²) in [5, 5.41) is 10.8. The summed E-state index contributed by atoms with van der Waals surface area (Å²) < 4.78 is 5.59. The Morgan fingerprint density at radius 2 is 1.95 bits per heavy atom. The lowest BCUT2D eigenvalue weighted by Crippen LogP contribution is -2.39. The van der Waals surface area contributed by atoms with E-state index in [0.29, 0.717) is 24.9 Å². The topological polar surface area (TPSA) is 71.3 Å². The SMILES string of the molecule is CCN(CC)C(=O)NCc1nnc(-c2ccccc2C)o1. The molecule has 0 saturated carbocycles. The van der Waals surface area contributed by atoms with Crippen LogP contribution in [0.15, 0.2) is 28.7 Å². The number of aryl methyl sites for hydroxylation is 1. The van der Waals surface area contributed by atoms with E-state index in [2.05, 4.69) is 15.5 Å². The number of benzene rings is 1. The van der Waals surface area contributed by atoms with Crippen LogP contribution in [0.25, 0.3) is 11.5 Å². The number of nitrogens with one attached hydrogen (secondary N) is 1. The molecule has 2 amide bonds. The quantitative estimate of drug-likeness (QED) is 0.918. The van der Waals surface area contributed by atoms with Gasteiger partial charge < -0.3 is 14.6 Å². The fourth-order valence-electron chi connectivity index (χ4n) is 2.02. The lowest BCUT2D eigenvalue weighted by Gasteiger charge is -2.18. The summed E-state index contributed by atoms with van der Waals surface area (Å²) in [5.41, 5.74) is 1.98. The number of nitrogens with zero attached hydrogens (tertiary/aromatic N) is 3. The second kappa shape index (κ2) is 6.88. The monoisotopic (exact) mass is 288 g/mol. The van der Waals surface area contributed by atoms with Crippen molar-refractivity contribution >= 4 is 6.03 Å². The van der Waals surface area contributed by atoms with Crippen LogP contribution in [0.5, 0.6) is 0 Å². The molecule has 0 aliphatic rings. The predicted octanol–water partition coefficient (Wildman–Crippen LogP) is 2.60. The van der Waals surface area contributed by atoms with Gasteiger partial charge in [0.15, 0.2) is 0 Å². The molecule has 112 valence electrons. The first-order valence-corrected chi connectivity index (χ1v) is 7.06. The van der Waals surface area contributed by atoms with Crippen LogP contribution < -0.4 is 5.32 Å². The summed E-state index contributed by atoms with van der Waals surface area (Å²) in [6.45, 7) is 7.43. The molecule has 0 bridgehead atoms. The maximum atomic E-state index is 11.8. The molecule has 0 atom stereocenters. The molecule has 0 spiro atoms. The molecule has 1 N–H and O–H groups in total. The first-order valence-electron chi connectivity index (χ1n) is 7.06. The van der Waals surface area contributed by atoms with Gasteiger partial charge in [0.25, 0.3) is 0 Å². The van der Waals surface area contributed by atoms with E-state index in [0.717, 1.165) is 11.1 Å². The molecule has 1 aromatic carbocycles. The summed E-state index contributed by atoms with van der Waals surface area (Å²) >= 11 is 0. The third-order valence-electron chi connectivity index (χ3n) is 3.28. The molecule has 0 unspecified atom stereocenters. The number of hydrogen-bond donors (Lipinski definition) is 1. The van der Waals surface area contributed by atoms with Gasteiger partial charge in [-0.05, 0) is 32.4 Å². The zero-order valence-corrected chi connectivity index (χ0v) is 12.6. The van der Waals surface area contributed by atoms with Crippen molar-refractivity contribution in [2.45, 2.75) is 27.3 Å². The maximum absolute atomic E-state index is 11.8. The van der Waals surface area contributed by atoms with Crippen LogP contribution in [-0.4, -0.2) is 34.2 Å². The third-order valence-corrected chi connectivity index (χ3v) is 3.28. The zero-order chi connectivity index (χ0) is 15.2. The number of carbonyl (C=O) groups is 1. The molecule has 1 aromatic heterocycles. The summed E-state index contributed by atoms with van der Waals surface area (Å²) in [6, 6.07) is 7.67. The van der Waals surface area contributed by atoms with Crippen molar-refractivity contribution in [1.29, 1.82) is 0 Å². The Morgan fingerprint density at radius 1 is 1.24 bits per heavy atom. The Hall–Kier alpha value is -2.37. The van der Waals surface area contributed by atoms with Crippen molar-refractivity contribution in [2.75, 3.05) is 13.1 Å². The highest BCUT2D eigenvalue weighted by Crippen LogP contribution is 2.21. The Balaban J connectivity index is 2.01. The van der Waals surface area contributed by atoms with E-state index < -0.39 is 0 Å². The van der Waals surface area contributed by atoms with Gasteiger partial charge in [-0.25, -0.2) is 4.79 Å². The van der Waals surface area contributed by atoms with Crippen LogP contribution in [0.2, 0.25) is 0 Å². The lowest BCUT2D eigenvalue weighted by atomic mass is 10.1. The molecule has 6 nitrogen and oxygen atoms in total. The highest BCUT2D eigenvalue weighted by molar-refractivity contribution is 5.73. The molecule has 2 rings (SSSR count). The van der Waals surface area contributed by atoms with Crippen molar-refractivity contribution in [1.82, 2.24) is 20.4 Å². The van der Waals surface area contributed by atoms with Crippen LogP contribution in [-0.2, 0) is 6.54 Å². The summed E-state index contributed by atoms with van der Waals surface area (Å²) in [7, 11) is 0. The molecule has 0 aliphatic heterocycles. The van der Waals surface area contributed by atoms with E-state index >= 15 is 0 Å². The Bertz CT molecular complexity index is 605. The molecule has 1 heterocycles. The first-order chi connectivity index (χ1) is 10.2. The molecule has 6 heteroatoms. The fraction of sp³-hybridized carbons (Fsp3) is 0.400. The molecule has 0 radical (unpaired) electrons. The lowest BCUT2D eigenvalue weighted by molar-refractivity contribution is 0.201. The number of rotatable bonds is 5. The smallest absolute Gasteiger partial charge is 0.317 e. The van der Waals surface area contributed by atoms with Gasteiger partial charge >= 0.3 is 6.03 Å². The number of carbonyl (C=O) groups excluding carboxylic acids is 1. The van der Waals surface area contributed by atoms with Gasteiger partial charge in [0.2, 0.25) is 11.8 Å². The highest BCUT2D eigenvalue weighted by atomic mass is 16.4. The van der Waals surface area contributed by atoms with Gasteiger partial charge in [-0.15, -0.1) is 10.2 Å². The van der Waals surface area contributed by atoms with E-state index in [1.807, 2.05) is 45.0 Å². The maximum Gasteiger partial charge on any atom is 0.317 e. The molecular formula is C15H20N4O2. The summed E-state index contributed by atoms with van der Waals surface area (Å²) in [5.74, 6) is 0.869. The molecule has 0 saturated heterocycles. The second-order valence-corrected chi connectivity index (χ2v) is 4.65. The molecular weight excluding hydrogens is 268 g/mol. The molecule has 0 aliphatic carbocycles. The second-order valence-electron chi connectivity index (χ2n) is 4.65. The van der Waals surface area contributed by atoms with E-state index in [4.69, 9.17) is 4.42 Å². The predicted molar refractivity (Wildman–Crippen MR) is 79.6 cm³/mol. The number of urea groups is 1. The van der Waals surface area contributed by atoms with E-state index in [-0.39, 0.29) is 12.6 Å². The van der Waals surface area contributed by atoms with Gasteiger partial charge in [-0.1, -0.05) is 18.2 Å². The van der Waals surface area contributed by atoms with Crippen molar-refractivity contribution < 1.29 is 9.21 Å². The number of amides is 2. The van der Waals surface area contributed by atoms with Gasteiger partial charge in [-0.3, -0.25) is 0 Å². The van der Waals surface area contributed by atoms with Crippen molar-refractivity contribution in [3.05, 3.63) is 35.7 Å². The Labute approximate surface area is 124 Å². The average molecular weight is 288 g/mol. The highest BCUT2D eigenvalue weighted by Gasteiger charge is 2.13. The fourth-order valence-corrected chi connectivity index (χ4v) is 2.02. The molecule has 0 fully saturated rings. The van der Waals surface area contributed by atoms with E-state index in [1.54, 1.807) is 4.90 Å². The minimum absolute atomic E-state index is 0.129. The minimum Gasteiger partial charge on any atom is -0.419 e. The van der Waals surface area contributed by atoms with Gasteiger partial charge in [-0.2, -0.15) is 0 Å². The summed E-state index contributed by atoms with van der Waals surface area (Å²) in [6.07, 6.45) is 0. The largest absolute Gasteiger partial charge is 0.419 e. The van der Waals surface area contributed by atoms with E-state index in [9.17, 15) is 4.79 Å². The van der Waals surface area contributed by atoms with Crippen LogP contribution in [0.3, 0.4) is 0 Å². The summed E-state index contributed by atoms with van der Waals surface area (Å²) in [4.78, 5) is 13.5. The normalized spacial score (nSPS) is 10.4. The van der Waals surface area contributed by atoms with Gasteiger partial charge in [0.1, 0.15) is 0 Å². The minimum atomic E-state index is -0.129. The molecule has 21 heavy (non-hydrogen) atoms. The van der Waals surface area contributed by atoms with Crippen LogP contribution >= 0.6 is 0 Å². The zero-order valence-electron chi connectivity index (χ0n) is 12.6. The number of aromatic nitrogens is 2. The standard InChI is InChI=1S/C15H20N4O2/c1-4-19(5-2)15(20)16-10-13-17-18-14(21-13)12-9-7-6-8-11(12)3/h6-9H,4-5,10H2,1-3H3,(H,16,20). The Kier molecular flexibility index (Phi) is 4.92. The van der Waals surface area contributed by atoms with Crippen molar-refractivity contribution in [2.24, 2.45) is 0 Å². The Morgan fingerprint density at radius 3 is 2.62 bits per heavy atom. The van der Waals surface area contributed by atoms with Crippen LogP contribution in [0.4, 0.5) is 4.79 Å². The van der Waals surface area contributed by atoms with E-state index in [1.165, 1.54) is 0 Å². The van der Waals surface area contributed by atoms with Crippen LogP contribution in [0, 0.1) is 6.92 Å². The van der Waals surface area contributed by atoms with Gasteiger partial charge in [0.05, 0.1) is 6.54 Å². The van der Waals surface area contributed by atoms with Gasteiger partial charge in [0, 0.05) is 18.7 Å². The molecule has 2 aromatic rings. The first kappa shape index (κ1) is 15.0. The van der Waals surface area contributed by atoms with Crippen LogP contribution in [0.1, 0.15) is 25.3 Å². The average Bonchev–Trinajstić information content (AvgIpc) is 2.95. The third kappa shape index (κ3) is 3.59.